The average molecular weight is 266 g/mol. The Hall–Kier alpha value is -1.39. The van der Waals surface area contributed by atoms with Crippen molar-refractivity contribution in [3.8, 4) is 11.5 Å². The molecule has 1 aromatic heterocycles. The Morgan fingerprint density at radius 2 is 2.06 bits per heavy atom. The Labute approximate surface area is 111 Å². The molecule has 0 fully saturated rings. The maximum absolute atomic E-state index is 5.98. The van der Waals surface area contributed by atoms with Gasteiger partial charge in [-0.2, -0.15) is 4.98 Å². The van der Waals surface area contributed by atoms with Crippen LogP contribution in [-0.4, -0.2) is 10.1 Å². The van der Waals surface area contributed by atoms with Gasteiger partial charge in [-0.15, -0.1) is 0 Å². The smallest absolute Gasteiger partial charge is 0.257 e. The van der Waals surface area contributed by atoms with E-state index >= 15 is 0 Å². The summed E-state index contributed by atoms with van der Waals surface area (Å²) in [7, 11) is 0. The van der Waals surface area contributed by atoms with Crippen LogP contribution >= 0.6 is 11.6 Å². The van der Waals surface area contributed by atoms with Crippen molar-refractivity contribution < 1.29 is 4.52 Å². The van der Waals surface area contributed by atoms with Gasteiger partial charge >= 0.3 is 0 Å². The van der Waals surface area contributed by atoms with Crippen molar-refractivity contribution in [3.05, 3.63) is 34.6 Å². The third kappa shape index (κ3) is 2.54. The number of aryl methyl sites for hydroxylation is 1. The first kappa shape index (κ1) is 13.1. The van der Waals surface area contributed by atoms with Gasteiger partial charge in [-0.3, -0.25) is 0 Å². The van der Waals surface area contributed by atoms with E-state index < -0.39 is 0 Å². The molecule has 1 aromatic carbocycles. The molecule has 0 bridgehead atoms. The number of aromatic nitrogens is 2. The largest absolute Gasteiger partial charge is 0.334 e. The summed E-state index contributed by atoms with van der Waals surface area (Å²) in [6.07, 6.45) is 0. The summed E-state index contributed by atoms with van der Waals surface area (Å²) >= 11 is 5.98. The summed E-state index contributed by atoms with van der Waals surface area (Å²) in [4.78, 5) is 4.33. The SMILES string of the molecule is Cc1cc(-c2nc(C(N)C(C)C)no2)ccc1Cl. The van der Waals surface area contributed by atoms with Gasteiger partial charge in [0.25, 0.3) is 5.89 Å². The first-order valence-electron chi connectivity index (χ1n) is 5.84. The van der Waals surface area contributed by atoms with E-state index in [9.17, 15) is 0 Å². The van der Waals surface area contributed by atoms with Crippen molar-refractivity contribution in [1.29, 1.82) is 0 Å². The molecule has 2 N–H and O–H groups in total. The zero-order valence-electron chi connectivity index (χ0n) is 10.6. The van der Waals surface area contributed by atoms with Crippen LogP contribution in [0.25, 0.3) is 11.5 Å². The standard InChI is InChI=1S/C13H16ClN3O/c1-7(2)11(15)12-16-13(18-17-12)9-4-5-10(14)8(3)6-9/h4-7,11H,15H2,1-3H3. The highest BCUT2D eigenvalue weighted by Gasteiger charge is 2.18. The molecule has 2 rings (SSSR count). The third-order valence-electron chi connectivity index (χ3n) is 2.86. The second-order valence-corrected chi connectivity index (χ2v) is 5.10. The van der Waals surface area contributed by atoms with Crippen molar-refractivity contribution in [2.24, 2.45) is 11.7 Å². The predicted molar refractivity (Wildman–Crippen MR) is 71.2 cm³/mol. The fraction of sp³-hybridized carbons (Fsp3) is 0.385. The average Bonchev–Trinajstić information content (AvgIpc) is 2.81. The quantitative estimate of drug-likeness (QED) is 0.924. The lowest BCUT2D eigenvalue weighted by Crippen LogP contribution is -2.18. The summed E-state index contributed by atoms with van der Waals surface area (Å²) in [6.45, 7) is 5.98. The van der Waals surface area contributed by atoms with Gasteiger partial charge < -0.3 is 10.3 Å². The summed E-state index contributed by atoms with van der Waals surface area (Å²) in [5.41, 5.74) is 7.80. The monoisotopic (exact) mass is 265 g/mol. The van der Waals surface area contributed by atoms with Gasteiger partial charge in [-0.05, 0) is 36.6 Å². The van der Waals surface area contributed by atoms with E-state index in [4.69, 9.17) is 21.9 Å². The predicted octanol–water partition coefficient (Wildman–Crippen LogP) is 3.35. The first-order valence-corrected chi connectivity index (χ1v) is 6.22. The molecule has 18 heavy (non-hydrogen) atoms. The molecule has 2 aromatic rings. The second kappa shape index (κ2) is 5.08. The highest BCUT2D eigenvalue weighted by Crippen LogP contribution is 2.25. The number of benzene rings is 1. The molecule has 0 radical (unpaired) electrons. The van der Waals surface area contributed by atoms with Gasteiger partial charge in [-0.25, -0.2) is 0 Å². The Kier molecular flexibility index (Phi) is 3.68. The maximum atomic E-state index is 5.98. The molecule has 1 atom stereocenters. The number of rotatable bonds is 3. The van der Waals surface area contributed by atoms with E-state index in [2.05, 4.69) is 10.1 Å². The minimum Gasteiger partial charge on any atom is -0.334 e. The molecule has 1 heterocycles. The number of hydrogen-bond acceptors (Lipinski definition) is 4. The van der Waals surface area contributed by atoms with E-state index in [0.29, 0.717) is 11.7 Å². The van der Waals surface area contributed by atoms with E-state index in [0.717, 1.165) is 16.1 Å². The van der Waals surface area contributed by atoms with Crippen LogP contribution in [0.1, 0.15) is 31.3 Å². The van der Waals surface area contributed by atoms with Crippen LogP contribution in [0.4, 0.5) is 0 Å². The number of nitrogens with two attached hydrogens (primary N) is 1. The van der Waals surface area contributed by atoms with E-state index in [1.54, 1.807) is 0 Å². The first-order chi connectivity index (χ1) is 8.49. The molecule has 0 aliphatic carbocycles. The van der Waals surface area contributed by atoms with Crippen LogP contribution < -0.4 is 5.73 Å². The van der Waals surface area contributed by atoms with Gasteiger partial charge in [0.2, 0.25) is 0 Å². The van der Waals surface area contributed by atoms with Crippen LogP contribution in [0.2, 0.25) is 5.02 Å². The zero-order chi connectivity index (χ0) is 13.3. The molecule has 5 heteroatoms. The third-order valence-corrected chi connectivity index (χ3v) is 3.29. The van der Waals surface area contributed by atoms with Gasteiger partial charge in [0.15, 0.2) is 5.82 Å². The van der Waals surface area contributed by atoms with Gasteiger partial charge in [0.1, 0.15) is 0 Å². The second-order valence-electron chi connectivity index (χ2n) is 4.69. The molecule has 0 aliphatic heterocycles. The van der Waals surface area contributed by atoms with Crippen LogP contribution in [0, 0.1) is 12.8 Å². The van der Waals surface area contributed by atoms with Crippen molar-refractivity contribution in [2.75, 3.05) is 0 Å². The lowest BCUT2D eigenvalue weighted by atomic mass is 10.1. The number of halogens is 1. The van der Waals surface area contributed by atoms with Crippen molar-refractivity contribution in [1.82, 2.24) is 10.1 Å². The minimum atomic E-state index is -0.212. The Bertz CT molecular complexity index is 551. The Balaban J connectivity index is 2.32. The molecule has 0 saturated carbocycles. The molecule has 0 saturated heterocycles. The molecule has 4 nitrogen and oxygen atoms in total. The van der Waals surface area contributed by atoms with Gasteiger partial charge in [-0.1, -0.05) is 30.6 Å². The number of hydrogen-bond donors (Lipinski definition) is 1. The van der Waals surface area contributed by atoms with Crippen LogP contribution in [0.5, 0.6) is 0 Å². The normalized spacial score (nSPS) is 13.0. The fourth-order valence-corrected chi connectivity index (χ4v) is 1.68. The van der Waals surface area contributed by atoms with Crippen LogP contribution in [-0.2, 0) is 0 Å². The van der Waals surface area contributed by atoms with Crippen molar-refractivity contribution >= 4 is 11.6 Å². The van der Waals surface area contributed by atoms with Gasteiger partial charge in [0.05, 0.1) is 6.04 Å². The van der Waals surface area contributed by atoms with E-state index in [1.165, 1.54) is 0 Å². The lowest BCUT2D eigenvalue weighted by molar-refractivity contribution is 0.400. The van der Waals surface area contributed by atoms with Gasteiger partial charge in [0, 0.05) is 10.6 Å². The minimum absolute atomic E-state index is 0.212. The highest BCUT2D eigenvalue weighted by molar-refractivity contribution is 6.31. The zero-order valence-corrected chi connectivity index (χ0v) is 11.4. The molecule has 1 unspecified atom stereocenters. The fourth-order valence-electron chi connectivity index (χ4n) is 1.56. The van der Waals surface area contributed by atoms with Crippen molar-refractivity contribution in [3.63, 3.8) is 0 Å². The van der Waals surface area contributed by atoms with Crippen LogP contribution in [0.3, 0.4) is 0 Å². The Morgan fingerprint density at radius 1 is 1.33 bits per heavy atom. The molecule has 0 spiro atoms. The molecular weight excluding hydrogens is 250 g/mol. The molecular formula is C13H16ClN3O. The molecule has 96 valence electrons. The lowest BCUT2D eigenvalue weighted by Gasteiger charge is -2.09. The van der Waals surface area contributed by atoms with E-state index in [1.807, 2.05) is 39.0 Å². The topological polar surface area (TPSA) is 64.9 Å². The highest BCUT2D eigenvalue weighted by atomic mass is 35.5. The number of nitrogens with zero attached hydrogens (tertiary/aromatic N) is 2. The summed E-state index contributed by atoms with van der Waals surface area (Å²) in [5, 5.41) is 4.64. The maximum Gasteiger partial charge on any atom is 0.257 e. The summed E-state index contributed by atoms with van der Waals surface area (Å²) < 4.78 is 5.23. The van der Waals surface area contributed by atoms with Crippen LogP contribution in [0.15, 0.2) is 22.7 Å². The summed E-state index contributed by atoms with van der Waals surface area (Å²) in [5.74, 6) is 1.27. The summed E-state index contributed by atoms with van der Waals surface area (Å²) in [6, 6.07) is 5.38. The molecule has 0 amide bonds. The van der Waals surface area contributed by atoms with Crippen molar-refractivity contribution in [2.45, 2.75) is 26.8 Å². The van der Waals surface area contributed by atoms with E-state index in [-0.39, 0.29) is 12.0 Å². The Morgan fingerprint density at radius 3 is 2.67 bits per heavy atom. The molecule has 0 aliphatic rings.